The minimum absolute atomic E-state index is 0.0890. The zero-order chi connectivity index (χ0) is 14.0. The van der Waals surface area contributed by atoms with Crippen LogP contribution in [0.2, 0.25) is 0 Å². The lowest BCUT2D eigenvalue weighted by molar-refractivity contribution is -0.142. The minimum atomic E-state index is -0.498. The zero-order valence-corrected chi connectivity index (χ0v) is 11.2. The van der Waals surface area contributed by atoms with Gasteiger partial charge < -0.3 is 4.74 Å². The van der Waals surface area contributed by atoms with Crippen LogP contribution in [0.25, 0.3) is 0 Å². The Bertz CT molecular complexity index is 453. The van der Waals surface area contributed by atoms with Crippen LogP contribution >= 0.6 is 0 Å². The molecule has 0 heterocycles. The van der Waals surface area contributed by atoms with Gasteiger partial charge in [0.05, 0.1) is 13.0 Å². The number of benzene rings is 1. The first-order valence-corrected chi connectivity index (χ1v) is 6.60. The quantitative estimate of drug-likeness (QED) is 0.762. The topological polar surface area (TPSA) is 26.3 Å². The lowest BCUT2D eigenvalue weighted by Gasteiger charge is -2.16. The first-order valence-electron chi connectivity index (χ1n) is 6.60. The molecule has 1 saturated carbocycles. The van der Waals surface area contributed by atoms with Crippen LogP contribution < -0.4 is 0 Å². The van der Waals surface area contributed by atoms with E-state index in [0.717, 1.165) is 6.42 Å². The van der Waals surface area contributed by atoms with Crippen molar-refractivity contribution in [1.82, 2.24) is 0 Å². The highest BCUT2D eigenvalue weighted by atomic mass is 19.1. The van der Waals surface area contributed by atoms with Gasteiger partial charge in [-0.05, 0) is 43.2 Å². The van der Waals surface area contributed by atoms with Gasteiger partial charge in [-0.15, -0.1) is 0 Å². The van der Waals surface area contributed by atoms with Crippen LogP contribution in [-0.2, 0) is 9.53 Å². The number of methoxy groups -OCH3 is 1. The summed E-state index contributed by atoms with van der Waals surface area (Å²) in [5, 5.41) is 0. The van der Waals surface area contributed by atoms with Crippen LogP contribution in [0, 0.1) is 23.5 Å². The van der Waals surface area contributed by atoms with Gasteiger partial charge in [-0.2, -0.15) is 0 Å². The molecule has 0 spiro atoms. The number of hydrogen-bond acceptors (Lipinski definition) is 2. The van der Waals surface area contributed by atoms with Gasteiger partial charge in [-0.1, -0.05) is 13.0 Å². The summed E-state index contributed by atoms with van der Waals surface area (Å²) < 4.78 is 32.2. The van der Waals surface area contributed by atoms with Crippen LogP contribution in [0.15, 0.2) is 18.2 Å². The fourth-order valence-electron chi connectivity index (χ4n) is 2.70. The van der Waals surface area contributed by atoms with Crippen molar-refractivity contribution in [3.05, 3.63) is 35.4 Å². The number of carbonyl (C=O) groups excluding carboxylic acids is 1. The van der Waals surface area contributed by atoms with E-state index < -0.39 is 11.6 Å². The Morgan fingerprint density at radius 3 is 2.58 bits per heavy atom. The molecule has 2 rings (SSSR count). The van der Waals surface area contributed by atoms with E-state index in [9.17, 15) is 13.6 Å². The normalized spacial score (nSPS) is 22.9. The molecule has 0 aliphatic heterocycles. The summed E-state index contributed by atoms with van der Waals surface area (Å²) >= 11 is 0. The lowest BCUT2D eigenvalue weighted by atomic mass is 9.90. The molecule has 1 aromatic rings. The number of esters is 1. The van der Waals surface area contributed by atoms with Gasteiger partial charge in [-0.25, -0.2) is 8.78 Å². The van der Waals surface area contributed by atoms with Crippen molar-refractivity contribution < 1.29 is 18.3 Å². The molecule has 0 N–H and O–H groups in total. The lowest BCUT2D eigenvalue weighted by Crippen LogP contribution is -2.08. The van der Waals surface area contributed by atoms with Gasteiger partial charge >= 0.3 is 5.97 Å². The molecule has 0 saturated heterocycles. The maximum Gasteiger partial charge on any atom is 0.308 e. The van der Waals surface area contributed by atoms with E-state index in [1.54, 1.807) is 0 Å². The molecule has 0 amide bonds. The highest BCUT2D eigenvalue weighted by Crippen LogP contribution is 2.47. The molecular weight excluding hydrogens is 250 g/mol. The molecule has 2 nitrogen and oxygen atoms in total. The van der Waals surface area contributed by atoms with Gasteiger partial charge in [0.1, 0.15) is 11.6 Å². The number of carbonyl (C=O) groups is 1. The van der Waals surface area contributed by atoms with Crippen molar-refractivity contribution in [2.45, 2.75) is 32.1 Å². The van der Waals surface area contributed by atoms with E-state index in [1.807, 2.05) is 6.92 Å². The van der Waals surface area contributed by atoms with Crippen molar-refractivity contribution in [2.75, 3.05) is 7.11 Å². The van der Waals surface area contributed by atoms with Gasteiger partial charge in [0.25, 0.3) is 0 Å². The van der Waals surface area contributed by atoms with Crippen molar-refractivity contribution in [3.63, 3.8) is 0 Å². The molecule has 19 heavy (non-hydrogen) atoms. The minimum Gasteiger partial charge on any atom is -0.469 e. The Kier molecular flexibility index (Phi) is 4.17. The van der Waals surface area contributed by atoms with E-state index in [-0.39, 0.29) is 29.3 Å². The molecule has 104 valence electrons. The Morgan fingerprint density at radius 1 is 1.42 bits per heavy atom. The molecule has 1 aromatic carbocycles. The third-order valence-corrected chi connectivity index (χ3v) is 3.91. The van der Waals surface area contributed by atoms with Gasteiger partial charge in [-0.3, -0.25) is 4.79 Å². The molecule has 3 unspecified atom stereocenters. The van der Waals surface area contributed by atoms with E-state index in [2.05, 4.69) is 4.74 Å². The molecule has 4 heteroatoms. The van der Waals surface area contributed by atoms with Gasteiger partial charge in [0.2, 0.25) is 0 Å². The Morgan fingerprint density at radius 2 is 2.05 bits per heavy atom. The second-order valence-corrected chi connectivity index (χ2v) is 5.10. The second-order valence-electron chi connectivity index (χ2n) is 5.10. The van der Waals surface area contributed by atoms with Crippen LogP contribution in [0.5, 0.6) is 0 Å². The van der Waals surface area contributed by atoms with Crippen LogP contribution in [0.1, 0.15) is 37.7 Å². The summed E-state index contributed by atoms with van der Waals surface area (Å²) in [6.07, 6.45) is 2.05. The SMILES string of the molecule is CCC(CC1CC1C(=O)OC)c1c(F)cccc1F. The van der Waals surface area contributed by atoms with Gasteiger partial charge in [0, 0.05) is 5.56 Å². The molecular formula is C15H18F2O2. The molecule has 1 aliphatic carbocycles. The summed E-state index contributed by atoms with van der Waals surface area (Å²) in [7, 11) is 1.37. The molecule has 1 aliphatic rings. The maximum absolute atomic E-state index is 13.7. The summed E-state index contributed by atoms with van der Waals surface area (Å²) in [4.78, 5) is 11.4. The van der Waals surface area contributed by atoms with Crippen LogP contribution in [0.3, 0.4) is 0 Å². The number of rotatable bonds is 5. The van der Waals surface area contributed by atoms with Crippen LogP contribution in [0.4, 0.5) is 8.78 Å². The number of hydrogen-bond donors (Lipinski definition) is 0. The van der Waals surface area contributed by atoms with Crippen molar-refractivity contribution in [2.24, 2.45) is 11.8 Å². The fourth-order valence-corrected chi connectivity index (χ4v) is 2.70. The largest absolute Gasteiger partial charge is 0.469 e. The predicted octanol–water partition coefficient (Wildman–Crippen LogP) is 3.66. The van der Waals surface area contributed by atoms with E-state index in [0.29, 0.717) is 12.8 Å². The van der Waals surface area contributed by atoms with Crippen molar-refractivity contribution in [1.29, 1.82) is 0 Å². The smallest absolute Gasteiger partial charge is 0.308 e. The van der Waals surface area contributed by atoms with Crippen molar-refractivity contribution >= 4 is 5.97 Å². The highest BCUT2D eigenvalue weighted by molar-refractivity contribution is 5.75. The summed E-state index contributed by atoms with van der Waals surface area (Å²) in [6.45, 7) is 1.91. The number of halogens is 2. The third-order valence-electron chi connectivity index (χ3n) is 3.91. The Labute approximate surface area is 111 Å². The molecule has 3 atom stereocenters. The fraction of sp³-hybridized carbons (Fsp3) is 0.533. The van der Waals surface area contributed by atoms with Crippen LogP contribution in [-0.4, -0.2) is 13.1 Å². The van der Waals surface area contributed by atoms with E-state index >= 15 is 0 Å². The Hall–Kier alpha value is -1.45. The molecule has 0 bridgehead atoms. The predicted molar refractivity (Wildman–Crippen MR) is 67.6 cm³/mol. The van der Waals surface area contributed by atoms with Crippen molar-refractivity contribution in [3.8, 4) is 0 Å². The van der Waals surface area contributed by atoms with E-state index in [4.69, 9.17) is 0 Å². The molecule has 1 fully saturated rings. The standard InChI is InChI=1S/C15H18F2O2/c1-3-9(7-10-8-11(10)15(18)19-2)14-12(16)5-4-6-13(14)17/h4-6,9-11H,3,7-8H2,1-2H3. The van der Waals surface area contributed by atoms with E-state index in [1.165, 1.54) is 25.3 Å². The Balaban J connectivity index is 2.08. The number of ether oxygens (including phenoxy) is 1. The third kappa shape index (κ3) is 2.94. The second kappa shape index (κ2) is 5.68. The first-order chi connectivity index (χ1) is 9.08. The maximum atomic E-state index is 13.7. The average Bonchev–Trinajstić information content (AvgIpc) is 3.15. The summed E-state index contributed by atoms with van der Waals surface area (Å²) in [5.41, 5.74) is 0.153. The first kappa shape index (κ1) is 14.0. The zero-order valence-electron chi connectivity index (χ0n) is 11.2. The highest BCUT2D eigenvalue weighted by Gasteiger charge is 2.45. The summed E-state index contributed by atoms with van der Waals surface area (Å²) in [6, 6.07) is 3.94. The average molecular weight is 268 g/mol. The summed E-state index contributed by atoms with van der Waals surface area (Å²) in [5.74, 6) is -1.29. The molecule has 0 radical (unpaired) electrons. The molecule has 0 aromatic heterocycles. The monoisotopic (exact) mass is 268 g/mol. The van der Waals surface area contributed by atoms with Gasteiger partial charge in [0.15, 0.2) is 0 Å².